The minimum absolute atomic E-state index is 0.0261. The van der Waals surface area contributed by atoms with Crippen molar-refractivity contribution in [2.75, 3.05) is 51.0 Å². The first kappa shape index (κ1) is 28.4. The van der Waals surface area contributed by atoms with Crippen LogP contribution in [0.4, 0.5) is 18.9 Å². The summed E-state index contributed by atoms with van der Waals surface area (Å²) < 4.78 is 50.1. The fraction of sp³-hybridized carbons (Fsp3) is 0.423. The molecule has 1 saturated heterocycles. The van der Waals surface area contributed by atoms with Gasteiger partial charge in [-0.1, -0.05) is 13.0 Å². The standard InChI is InChI=1S/C23H27N3O4S.C3H5F3/c1-30-21-7-6-18(31(2,3)29)15-20(21)23(28)26-12-10-25(11-13-26)17-5-4-16-8-9-24-22(27)19(16)14-17;1-2-3(4,5)6/h4-7,14-15H,2,8-13H2,1,3H3,(H,24,27);2H2,1H3. The Morgan fingerprint density at radius 3 is 2.35 bits per heavy atom. The van der Waals surface area contributed by atoms with Crippen LogP contribution in [0.2, 0.25) is 0 Å². The highest BCUT2D eigenvalue weighted by Crippen LogP contribution is 2.26. The van der Waals surface area contributed by atoms with E-state index >= 15 is 0 Å². The van der Waals surface area contributed by atoms with Gasteiger partial charge in [0, 0.05) is 61.5 Å². The maximum absolute atomic E-state index is 13.2. The minimum atomic E-state index is -3.96. The predicted molar refractivity (Wildman–Crippen MR) is 139 cm³/mol. The van der Waals surface area contributed by atoms with Gasteiger partial charge in [0.15, 0.2) is 0 Å². The van der Waals surface area contributed by atoms with Gasteiger partial charge >= 0.3 is 6.18 Å². The number of fused-ring (bicyclic) bond motifs is 1. The molecule has 0 radical (unpaired) electrons. The fourth-order valence-corrected chi connectivity index (χ4v) is 4.78. The van der Waals surface area contributed by atoms with Crippen LogP contribution in [0, 0.1) is 0 Å². The number of carbonyl (C=O) groups excluding carboxylic acids is 2. The van der Waals surface area contributed by atoms with Crippen LogP contribution in [0.25, 0.3) is 0 Å². The SMILES string of the molecule is C=S(C)(=O)c1ccc(OC)c(C(=O)N2CCN(c3ccc4c(c3)C(=O)NCC4)CC2)c1.CCC(F)(F)F. The maximum Gasteiger partial charge on any atom is 0.388 e. The summed E-state index contributed by atoms with van der Waals surface area (Å²) in [4.78, 5) is 29.9. The number of hydrogen-bond donors (Lipinski definition) is 1. The monoisotopic (exact) mass is 539 g/mol. The van der Waals surface area contributed by atoms with Crippen molar-refractivity contribution in [2.45, 2.75) is 30.8 Å². The molecule has 0 aliphatic carbocycles. The van der Waals surface area contributed by atoms with Crippen molar-refractivity contribution >= 4 is 32.9 Å². The molecule has 2 heterocycles. The van der Waals surface area contributed by atoms with Gasteiger partial charge in [-0.15, -0.1) is 0 Å². The zero-order chi connectivity index (χ0) is 27.4. The molecule has 37 heavy (non-hydrogen) atoms. The third kappa shape index (κ3) is 7.18. The number of halogens is 3. The molecule has 1 N–H and O–H groups in total. The zero-order valence-electron chi connectivity index (χ0n) is 21.2. The Labute approximate surface area is 215 Å². The molecule has 0 spiro atoms. The van der Waals surface area contributed by atoms with Crippen molar-refractivity contribution < 1.29 is 31.7 Å². The third-order valence-electron chi connectivity index (χ3n) is 6.25. The molecular weight excluding hydrogens is 507 g/mol. The third-order valence-corrected chi connectivity index (χ3v) is 7.50. The Kier molecular flexibility index (Phi) is 8.78. The number of rotatable bonds is 4. The highest BCUT2D eigenvalue weighted by atomic mass is 32.2. The average molecular weight is 540 g/mol. The van der Waals surface area contributed by atoms with Gasteiger partial charge in [-0.25, -0.2) is 0 Å². The second-order valence-corrected chi connectivity index (χ2v) is 11.4. The molecule has 2 aromatic rings. The van der Waals surface area contributed by atoms with Crippen LogP contribution in [-0.2, 0) is 15.9 Å². The van der Waals surface area contributed by atoms with E-state index in [2.05, 4.69) is 16.1 Å². The molecule has 0 saturated carbocycles. The number of nitrogens with one attached hydrogen (secondary N) is 1. The lowest BCUT2D eigenvalue weighted by Crippen LogP contribution is -2.49. The van der Waals surface area contributed by atoms with Crippen LogP contribution in [0.3, 0.4) is 0 Å². The first-order chi connectivity index (χ1) is 17.3. The molecule has 2 aliphatic heterocycles. The number of amides is 2. The van der Waals surface area contributed by atoms with E-state index in [9.17, 15) is 27.0 Å². The number of methoxy groups -OCH3 is 1. The molecule has 202 valence electrons. The predicted octanol–water partition coefficient (Wildman–Crippen LogP) is 3.61. The van der Waals surface area contributed by atoms with Crippen molar-refractivity contribution in [3.8, 4) is 5.75 Å². The molecule has 7 nitrogen and oxygen atoms in total. The molecule has 11 heteroatoms. The molecule has 1 atom stereocenters. The summed E-state index contributed by atoms with van der Waals surface area (Å²) in [5, 5.41) is 2.89. The molecule has 2 aromatic carbocycles. The number of nitrogens with zero attached hydrogens (tertiary/aromatic N) is 2. The molecule has 2 amide bonds. The largest absolute Gasteiger partial charge is 0.496 e. The van der Waals surface area contributed by atoms with Crippen molar-refractivity contribution in [2.24, 2.45) is 0 Å². The number of benzene rings is 2. The Bertz CT molecular complexity index is 1250. The van der Waals surface area contributed by atoms with Gasteiger partial charge < -0.3 is 19.9 Å². The Hall–Kier alpha value is -3.21. The van der Waals surface area contributed by atoms with Gasteiger partial charge in [-0.3, -0.25) is 13.8 Å². The van der Waals surface area contributed by atoms with E-state index in [-0.39, 0.29) is 11.8 Å². The van der Waals surface area contributed by atoms with Gasteiger partial charge in [0.2, 0.25) is 0 Å². The van der Waals surface area contributed by atoms with Crippen LogP contribution in [-0.4, -0.2) is 79.1 Å². The van der Waals surface area contributed by atoms with E-state index in [4.69, 9.17) is 4.74 Å². The summed E-state index contributed by atoms with van der Waals surface area (Å²) in [5.41, 5.74) is 3.20. The fourth-order valence-electron chi connectivity index (χ4n) is 4.06. The summed E-state index contributed by atoms with van der Waals surface area (Å²) >= 11 is 0. The van der Waals surface area contributed by atoms with Gasteiger partial charge in [-0.2, -0.15) is 13.2 Å². The quantitative estimate of drug-likeness (QED) is 0.601. The van der Waals surface area contributed by atoms with Crippen molar-refractivity contribution in [3.63, 3.8) is 0 Å². The van der Waals surface area contributed by atoms with E-state index < -0.39 is 22.1 Å². The highest BCUT2D eigenvalue weighted by Gasteiger charge is 2.26. The summed E-state index contributed by atoms with van der Waals surface area (Å²) in [6, 6.07) is 11.0. The van der Waals surface area contributed by atoms with Gasteiger partial charge in [0.05, 0.1) is 12.7 Å². The smallest absolute Gasteiger partial charge is 0.388 e. The lowest BCUT2D eigenvalue weighted by Gasteiger charge is -2.36. The normalized spacial score (nSPS) is 17.1. The summed E-state index contributed by atoms with van der Waals surface area (Å²) in [6.45, 7) is 4.17. The van der Waals surface area contributed by atoms with Gasteiger partial charge in [-0.05, 0) is 57.7 Å². The number of hydrogen-bond acceptors (Lipinski definition) is 5. The van der Waals surface area contributed by atoms with Crippen LogP contribution < -0.4 is 15.0 Å². The topological polar surface area (TPSA) is 79.0 Å². The van der Waals surface area contributed by atoms with E-state index in [1.165, 1.54) is 7.11 Å². The molecule has 1 unspecified atom stereocenters. The molecule has 1 fully saturated rings. The van der Waals surface area contributed by atoms with E-state index in [1.807, 2.05) is 18.2 Å². The summed E-state index contributed by atoms with van der Waals surface area (Å²) in [6.07, 6.45) is -2.28. The van der Waals surface area contributed by atoms with Crippen LogP contribution in [0.15, 0.2) is 41.3 Å². The minimum Gasteiger partial charge on any atom is -0.496 e. The van der Waals surface area contributed by atoms with Gasteiger partial charge in [0.25, 0.3) is 11.8 Å². The molecular formula is C26H32F3N3O4S. The first-order valence-electron chi connectivity index (χ1n) is 11.9. The lowest BCUT2D eigenvalue weighted by atomic mass is 9.99. The molecule has 0 bridgehead atoms. The van der Waals surface area contributed by atoms with E-state index in [0.717, 1.165) is 30.2 Å². The number of ether oxygens (including phenoxy) is 1. The van der Waals surface area contributed by atoms with Crippen LogP contribution >= 0.6 is 0 Å². The first-order valence-corrected chi connectivity index (χ1v) is 14.0. The van der Waals surface area contributed by atoms with E-state index in [1.54, 1.807) is 29.4 Å². The zero-order valence-corrected chi connectivity index (χ0v) is 22.0. The lowest BCUT2D eigenvalue weighted by molar-refractivity contribution is -0.130. The van der Waals surface area contributed by atoms with Crippen LogP contribution in [0.1, 0.15) is 39.6 Å². The molecule has 2 aliphatic rings. The number of carbonyl (C=O) groups is 2. The average Bonchev–Trinajstić information content (AvgIpc) is 2.87. The van der Waals surface area contributed by atoms with Gasteiger partial charge in [0.1, 0.15) is 5.75 Å². The number of anilines is 1. The maximum atomic E-state index is 13.2. The van der Waals surface area contributed by atoms with Crippen molar-refractivity contribution in [1.82, 2.24) is 10.2 Å². The second kappa shape index (κ2) is 11.5. The molecule has 0 aromatic heterocycles. The van der Waals surface area contributed by atoms with Crippen molar-refractivity contribution in [1.29, 1.82) is 0 Å². The summed E-state index contributed by atoms with van der Waals surface area (Å²) in [7, 11) is -0.921. The Balaban J connectivity index is 0.000000568. The summed E-state index contributed by atoms with van der Waals surface area (Å²) in [5.74, 6) is 4.00. The Morgan fingerprint density at radius 2 is 1.78 bits per heavy atom. The van der Waals surface area contributed by atoms with Crippen molar-refractivity contribution in [3.05, 3.63) is 53.1 Å². The van der Waals surface area contributed by atoms with Crippen LogP contribution in [0.5, 0.6) is 5.75 Å². The number of piperazine rings is 1. The Morgan fingerprint density at radius 1 is 1.14 bits per heavy atom. The second-order valence-electron chi connectivity index (χ2n) is 8.96. The number of alkyl halides is 3. The highest BCUT2D eigenvalue weighted by molar-refractivity contribution is 7.99. The van der Waals surface area contributed by atoms with E-state index in [0.29, 0.717) is 48.9 Å². The molecule has 4 rings (SSSR count).